The van der Waals surface area contributed by atoms with Crippen molar-refractivity contribution in [3.05, 3.63) is 30.1 Å². The molecule has 9 heteroatoms. The van der Waals surface area contributed by atoms with Crippen molar-refractivity contribution in [2.45, 2.75) is 25.5 Å². The zero-order chi connectivity index (χ0) is 18.3. The number of rotatable bonds is 8. The topological polar surface area (TPSA) is 91.8 Å². The number of nitrogens with zero attached hydrogens (tertiary/aromatic N) is 3. The van der Waals surface area contributed by atoms with Gasteiger partial charge in [-0.05, 0) is 30.5 Å². The van der Waals surface area contributed by atoms with Crippen molar-refractivity contribution in [3.8, 4) is 0 Å². The van der Waals surface area contributed by atoms with Crippen LogP contribution in [0.2, 0.25) is 0 Å². The van der Waals surface area contributed by atoms with E-state index in [4.69, 9.17) is 4.74 Å². The van der Waals surface area contributed by atoms with Gasteiger partial charge < -0.3 is 15.0 Å². The maximum Gasteiger partial charge on any atom is 0.317 e. The van der Waals surface area contributed by atoms with Crippen LogP contribution in [0.15, 0.2) is 24.5 Å². The molecule has 0 unspecified atom stereocenters. The second-order valence-electron chi connectivity index (χ2n) is 6.20. The van der Waals surface area contributed by atoms with Crippen molar-refractivity contribution in [3.63, 3.8) is 0 Å². The third-order valence-corrected chi connectivity index (χ3v) is 5.88. The standard InChI is InChI=1S/C16H26N4O4S/c1-19(2)25(22,23)11-9-18-16(21)20(13-15-4-3-10-24-15)12-14-5-7-17-8-6-14/h5-8,15H,3-4,9-13H2,1-2H3,(H,18,21)/t15-/m0/s1. The number of hydrogen-bond donors (Lipinski definition) is 1. The summed E-state index contributed by atoms with van der Waals surface area (Å²) in [6, 6.07) is 3.42. The van der Waals surface area contributed by atoms with Crippen LogP contribution in [-0.4, -0.2) is 74.3 Å². The van der Waals surface area contributed by atoms with Gasteiger partial charge in [-0.25, -0.2) is 17.5 Å². The third-order valence-electron chi connectivity index (χ3n) is 4.05. The molecule has 1 aromatic heterocycles. The molecule has 140 valence electrons. The van der Waals surface area contributed by atoms with Gasteiger partial charge in [0.25, 0.3) is 0 Å². The van der Waals surface area contributed by atoms with Crippen LogP contribution in [0.3, 0.4) is 0 Å². The number of sulfonamides is 1. The highest BCUT2D eigenvalue weighted by Crippen LogP contribution is 2.15. The lowest BCUT2D eigenvalue weighted by Crippen LogP contribution is -2.45. The predicted molar refractivity (Wildman–Crippen MR) is 94.5 cm³/mol. The number of urea groups is 1. The molecule has 0 aliphatic carbocycles. The van der Waals surface area contributed by atoms with Gasteiger partial charge >= 0.3 is 6.03 Å². The highest BCUT2D eigenvalue weighted by Gasteiger charge is 2.23. The van der Waals surface area contributed by atoms with Crippen LogP contribution in [-0.2, 0) is 21.3 Å². The molecule has 0 saturated carbocycles. The van der Waals surface area contributed by atoms with Crippen molar-refractivity contribution < 1.29 is 17.9 Å². The summed E-state index contributed by atoms with van der Waals surface area (Å²) in [5.74, 6) is -0.130. The van der Waals surface area contributed by atoms with Crippen molar-refractivity contribution in [2.75, 3.05) is 39.5 Å². The first-order valence-corrected chi connectivity index (χ1v) is 9.93. The van der Waals surface area contributed by atoms with E-state index in [1.807, 2.05) is 12.1 Å². The number of carbonyl (C=O) groups excluding carboxylic acids is 1. The summed E-state index contributed by atoms with van der Waals surface area (Å²) in [6.07, 6.45) is 5.31. The first-order chi connectivity index (χ1) is 11.9. The highest BCUT2D eigenvalue weighted by atomic mass is 32.2. The normalized spacial score (nSPS) is 17.6. The van der Waals surface area contributed by atoms with Crippen LogP contribution in [0.4, 0.5) is 4.79 Å². The summed E-state index contributed by atoms with van der Waals surface area (Å²) in [6.45, 7) is 1.69. The van der Waals surface area contributed by atoms with E-state index >= 15 is 0 Å². The monoisotopic (exact) mass is 370 g/mol. The number of pyridine rings is 1. The van der Waals surface area contributed by atoms with Crippen LogP contribution >= 0.6 is 0 Å². The van der Waals surface area contributed by atoms with Crippen molar-refractivity contribution in [2.24, 2.45) is 0 Å². The molecule has 8 nitrogen and oxygen atoms in total. The predicted octanol–water partition coefficient (Wildman–Crippen LogP) is 0.664. The van der Waals surface area contributed by atoms with E-state index in [1.54, 1.807) is 17.3 Å². The SMILES string of the molecule is CN(C)S(=O)(=O)CCNC(=O)N(Cc1ccncc1)C[C@@H]1CCCO1. The van der Waals surface area contributed by atoms with Crippen molar-refractivity contribution in [1.82, 2.24) is 19.5 Å². The average molecular weight is 370 g/mol. The van der Waals surface area contributed by atoms with Gasteiger partial charge in [0.15, 0.2) is 0 Å². The van der Waals surface area contributed by atoms with Crippen LogP contribution in [0.25, 0.3) is 0 Å². The Balaban J connectivity index is 1.94. The Morgan fingerprint density at radius 2 is 2.08 bits per heavy atom. The first-order valence-electron chi connectivity index (χ1n) is 8.32. The van der Waals surface area contributed by atoms with Crippen molar-refractivity contribution >= 4 is 16.1 Å². The molecule has 0 spiro atoms. The Bertz CT molecular complexity index is 645. The number of nitrogens with one attached hydrogen (secondary N) is 1. The maximum atomic E-state index is 12.5. The fourth-order valence-electron chi connectivity index (χ4n) is 2.54. The van der Waals surface area contributed by atoms with E-state index in [1.165, 1.54) is 14.1 Å². The van der Waals surface area contributed by atoms with Crippen LogP contribution in [0.1, 0.15) is 18.4 Å². The van der Waals surface area contributed by atoms with Crippen molar-refractivity contribution in [1.29, 1.82) is 0 Å². The molecular weight excluding hydrogens is 344 g/mol. The van der Waals surface area contributed by atoms with E-state index in [0.29, 0.717) is 13.1 Å². The second-order valence-corrected chi connectivity index (χ2v) is 8.50. The lowest BCUT2D eigenvalue weighted by Gasteiger charge is -2.26. The molecule has 1 atom stereocenters. The Hall–Kier alpha value is -1.71. The number of ether oxygens (including phenoxy) is 1. The number of aromatic nitrogens is 1. The Morgan fingerprint density at radius 1 is 1.36 bits per heavy atom. The third kappa shape index (κ3) is 6.26. The van der Waals surface area contributed by atoms with E-state index in [9.17, 15) is 13.2 Å². The largest absolute Gasteiger partial charge is 0.376 e. The van der Waals surface area contributed by atoms with Crippen LogP contribution in [0.5, 0.6) is 0 Å². The van der Waals surface area contributed by atoms with E-state index < -0.39 is 10.0 Å². The lowest BCUT2D eigenvalue weighted by molar-refractivity contribution is 0.0796. The molecule has 2 amide bonds. The quantitative estimate of drug-likeness (QED) is 0.726. The smallest absolute Gasteiger partial charge is 0.317 e. The molecule has 0 radical (unpaired) electrons. The first kappa shape index (κ1) is 19.6. The molecule has 2 heterocycles. The van der Waals surface area contributed by atoms with Gasteiger partial charge in [0.05, 0.1) is 11.9 Å². The minimum atomic E-state index is -3.33. The molecule has 25 heavy (non-hydrogen) atoms. The molecule has 1 N–H and O–H groups in total. The Kier molecular flexibility index (Phi) is 7.15. The zero-order valence-electron chi connectivity index (χ0n) is 14.7. The molecule has 1 aliphatic rings. The minimum Gasteiger partial charge on any atom is -0.376 e. The zero-order valence-corrected chi connectivity index (χ0v) is 15.5. The molecule has 0 aromatic carbocycles. The highest BCUT2D eigenvalue weighted by molar-refractivity contribution is 7.89. The van der Waals surface area contributed by atoms with Gasteiger partial charge in [0, 0.05) is 52.7 Å². The second kappa shape index (κ2) is 9.12. The van der Waals surface area contributed by atoms with Gasteiger partial charge in [-0.15, -0.1) is 0 Å². The molecule has 1 saturated heterocycles. The molecule has 1 aliphatic heterocycles. The van der Waals surface area contributed by atoms with E-state index in [2.05, 4.69) is 10.3 Å². The lowest BCUT2D eigenvalue weighted by atomic mass is 10.2. The van der Waals surface area contributed by atoms with E-state index in [-0.39, 0.29) is 24.4 Å². The number of hydrogen-bond acceptors (Lipinski definition) is 5. The molecule has 1 fully saturated rings. The maximum absolute atomic E-state index is 12.5. The van der Waals surface area contributed by atoms with Gasteiger partial charge in [-0.1, -0.05) is 0 Å². The summed E-state index contributed by atoms with van der Waals surface area (Å²) < 4.78 is 30.3. The molecule has 0 bridgehead atoms. The van der Waals surface area contributed by atoms with Gasteiger partial charge in [0.2, 0.25) is 10.0 Å². The minimum absolute atomic E-state index is 0.0260. The summed E-state index contributed by atoms with van der Waals surface area (Å²) >= 11 is 0. The number of carbonyl (C=O) groups is 1. The summed E-state index contributed by atoms with van der Waals surface area (Å²) in [5.41, 5.74) is 0.962. The van der Waals surface area contributed by atoms with E-state index in [0.717, 1.165) is 29.3 Å². The number of amides is 2. The fourth-order valence-corrected chi connectivity index (χ4v) is 3.27. The molecule has 1 aromatic rings. The summed E-state index contributed by atoms with van der Waals surface area (Å²) in [7, 11) is -0.381. The summed E-state index contributed by atoms with van der Waals surface area (Å²) in [5, 5.41) is 2.70. The summed E-state index contributed by atoms with van der Waals surface area (Å²) in [4.78, 5) is 18.2. The fraction of sp³-hybridized carbons (Fsp3) is 0.625. The van der Waals surface area contributed by atoms with Crippen LogP contribution in [0, 0.1) is 0 Å². The molecule has 2 rings (SSSR count). The van der Waals surface area contributed by atoms with Gasteiger partial charge in [0.1, 0.15) is 0 Å². The Morgan fingerprint density at radius 3 is 2.68 bits per heavy atom. The van der Waals surface area contributed by atoms with Crippen LogP contribution < -0.4 is 5.32 Å². The van der Waals surface area contributed by atoms with Gasteiger partial charge in [-0.2, -0.15) is 0 Å². The molecular formula is C16H26N4O4S. The van der Waals surface area contributed by atoms with Gasteiger partial charge in [-0.3, -0.25) is 4.98 Å². The average Bonchev–Trinajstić information content (AvgIpc) is 3.08. The Labute approximate surface area is 149 Å².